The van der Waals surface area contributed by atoms with Crippen LogP contribution in [0.3, 0.4) is 0 Å². The normalized spacial score (nSPS) is 25.4. The number of hydrogen-bond donors (Lipinski definition) is 1. The number of carbonyl (C=O) groups excluding carboxylic acids is 1. The van der Waals surface area contributed by atoms with Gasteiger partial charge >= 0.3 is 0 Å². The van der Waals surface area contributed by atoms with Crippen LogP contribution >= 0.6 is 0 Å². The Morgan fingerprint density at radius 2 is 2.00 bits per heavy atom. The standard InChI is InChI=1S/C14H28N2O/c1-4-12-6-5-7-13(9-8-12)15-11-10-14(17)16(2)3/h12-13,15H,4-11H2,1-3H3. The van der Waals surface area contributed by atoms with Crippen LogP contribution in [0.1, 0.15) is 51.9 Å². The summed E-state index contributed by atoms with van der Waals surface area (Å²) in [6.45, 7) is 3.13. The van der Waals surface area contributed by atoms with Gasteiger partial charge in [-0.2, -0.15) is 0 Å². The molecule has 1 fully saturated rings. The highest BCUT2D eigenvalue weighted by Crippen LogP contribution is 2.25. The van der Waals surface area contributed by atoms with Crippen molar-refractivity contribution < 1.29 is 4.79 Å². The molecule has 1 amide bonds. The second-order valence-corrected chi connectivity index (χ2v) is 5.47. The van der Waals surface area contributed by atoms with Gasteiger partial charge in [0.15, 0.2) is 0 Å². The van der Waals surface area contributed by atoms with E-state index in [-0.39, 0.29) is 5.91 Å². The molecular formula is C14H28N2O. The first-order chi connectivity index (χ1) is 8.13. The van der Waals surface area contributed by atoms with Crippen molar-refractivity contribution in [1.82, 2.24) is 10.2 Å². The number of amides is 1. The summed E-state index contributed by atoms with van der Waals surface area (Å²) < 4.78 is 0. The van der Waals surface area contributed by atoms with E-state index in [2.05, 4.69) is 12.2 Å². The Morgan fingerprint density at radius 3 is 2.65 bits per heavy atom. The van der Waals surface area contributed by atoms with Crippen LogP contribution in [0.2, 0.25) is 0 Å². The van der Waals surface area contributed by atoms with Crippen molar-refractivity contribution in [3.05, 3.63) is 0 Å². The Hall–Kier alpha value is -0.570. The summed E-state index contributed by atoms with van der Waals surface area (Å²) in [5, 5.41) is 3.54. The van der Waals surface area contributed by atoms with E-state index < -0.39 is 0 Å². The zero-order valence-electron chi connectivity index (χ0n) is 11.7. The Morgan fingerprint density at radius 1 is 1.24 bits per heavy atom. The fourth-order valence-corrected chi connectivity index (χ4v) is 2.60. The van der Waals surface area contributed by atoms with Crippen LogP contribution in [0.15, 0.2) is 0 Å². The minimum absolute atomic E-state index is 0.220. The largest absolute Gasteiger partial charge is 0.349 e. The van der Waals surface area contributed by atoms with Crippen molar-refractivity contribution in [3.63, 3.8) is 0 Å². The molecule has 1 aliphatic carbocycles. The van der Waals surface area contributed by atoms with Crippen molar-refractivity contribution >= 4 is 5.91 Å². The third kappa shape index (κ3) is 5.53. The highest BCUT2D eigenvalue weighted by atomic mass is 16.2. The average Bonchev–Trinajstić information content (AvgIpc) is 2.54. The molecule has 2 atom stereocenters. The smallest absolute Gasteiger partial charge is 0.223 e. The number of carbonyl (C=O) groups is 1. The Labute approximate surface area is 106 Å². The Kier molecular flexibility index (Phi) is 6.56. The summed E-state index contributed by atoms with van der Waals surface area (Å²) in [7, 11) is 3.64. The molecule has 0 aromatic heterocycles. The molecule has 0 aromatic rings. The Balaban J connectivity index is 2.17. The second kappa shape index (κ2) is 7.70. The maximum absolute atomic E-state index is 11.4. The number of nitrogens with zero attached hydrogens (tertiary/aromatic N) is 1. The molecule has 100 valence electrons. The number of hydrogen-bond acceptors (Lipinski definition) is 2. The van der Waals surface area contributed by atoms with Crippen LogP contribution in [0.4, 0.5) is 0 Å². The lowest BCUT2D eigenvalue weighted by Gasteiger charge is -2.17. The SMILES string of the molecule is CCC1CCCC(NCCC(=O)N(C)C)CC1. The van der Waals surface area contributed by atoms with E-state index in [1.54, 1.807) is 4.90 Å². The van der Waals surface area contributed by atoms with E-state index in [1.165, 1.54) is 38.5 Å². The minimum Gasteiger partial charge on any atom is -0.349 e. The minimum atomic E-state index is 0.220. The summed E-state index contributed by atoms with van der Waals surface area (Å²) in [6, 6.07) is 0.640. The molecule has 3 nitrogen and oxygen atoms in total. The van der Waals surface area contributed by atoms with Gasteiger partial charge in [-0.1, -0.05) is 26.2 Å². The molecule has 0 radical (unpaired) electrons. The summed E-state index contributed by atoms with van der Waals surface area (Å²) in [5.74, 6) is 1.16. The van der Waals surface area contributed by atoms with Gasteiger partial charge in [-0.3, -0.25) is 4.79 Å². The third-order valence-corrected chi connectivity index (χ3v) is 3.94. The van der Waals surface area contributed by atoms with Crippen molar-refractivity contribution in [2.75, 3.05) is 20.6 Å². The molecule has 0 aliphatic heterocycles. The quantitative estimate of drug-likeness (QED) is 0.749. The topological polar surface area (TPSA) is 32.3 Å². The van der Waals surface area contributed by atoms with E-state index in [9.17, 15) is 4.79 Å². The lowest BCUT2D eigenvalue weighted by atomic mass is 9.98. The highest BCUT2D eigenvalue weighted by molar-refractivity contribution is 5.75. The first kappa shape index (κ1) is 14.5. The summed E-state index contributed by atoms with van der Waals surface area (Å²) in [4.78, 5) is 13.1. The van der Waals surface area contributed by atoms with E-state index in [4.69, 9.17) is 0 Å². The molecule has 3 heteroatoms. The van der Waals surface area contributed by atoms with Crippen LogP contribution in [-0.2, 0) is 4.79 Å². The van der Waals surface area contributed by atoms with Gasteiger partial charge in [-0.15, -0.1) is 0 Å². The lowest BCUT2D eigenvalue weighted by molar-refractivity contribution is -0.128. The van der Waals surface area contributed by atoms with Crippen LogP contribution < -0.4 is 5.32 Å². The monoisotopic (exact) mass is 240 g/mol. The maximum atomic E-state index is 11.4. The van der Waals surface area contributed by atoms with E-state index >= 15 is 0 Å². The van der Waals surface area contributed by atoms with Crippen molar-refractivity contribution in [2.45, 2.75) is 57.9 Å². The molecule has 2 unspecified atom stereocenters. The van der Waals surface area contributed by atoms with Gasteiger partial charge in [-0.25, -0.2) is 0 Å². The van der Waals surface area contributed by atoms with E-state index in [1.807, 2.05) is 14.1 Å². The fourth-order valence-electron chi connectivity index (χ4n) is 2.60. The summed E-state index contributed by atoms with van der Waals surface area (Å²) in [6.07, 6.45) is 8.62. The Bertz CT molecular complexity index is 228. The molecule has 0 heterocycles. The fraction of sp³-hybridized carbons (Fsp3) is 0.929. The molecule has 17 heavy (non-hydrogen) atoms. The van der Waals surface area contributed by atoms with Gasteiger partial charge in [0.05, 0.1) is 0 Å². The first-order valence-electron chi connectivity index (χ1n) is 7.07. The lowest BCUT2D eigenvalue weighted by Crippen LogP contribution is -2.33. The van der Waals surface area contributed by atoms with Gasteiger partial charge in [0.1, 0.15) is 0 Å². The van der Waals surface area contributed by atoms with E-state index in [0.29, 0.717) is 12.5 Å². The zero-order chi connectivity index (χ0) is 12.7. The van der Waals surface area contributed by atoms with Gasteiger partial charge in [0, 0.05) is 33.1 Å². The molecule has 0 aromatic carbocycles. The van der Waals surface area contributed by atoms with E-state index in [0.717, 1.165) is 12.5 Å². The molecule has 0 spiro atoms. The molecule has 0 saturated heterocycles. The van der Waals surface area contributed by atoms with Crippen LogP contribution in [0, 0.1) is 5.92 Å². The van der Waals surface area contributed by atoms with Gasteiger partial charge in [0.25, 0.3) is 0 Å². The van der Waals surface area contributed by atoms with Crippen molar-refractivity contribution in [3.8, 4) is 0 Å². The molecule has 1 N–H and O–H groups in total. The number of rotatable bonds is 5. The third-order valence-electron chi connectivity index (χ3n) is 3.94. The second-order valence-electron chi connectivity index (χ2n) is 5.47. The van der Waals surface area contributed by atoms with Crippen LogP contribution in [-0.4, -0.2) is 37.5 Å². The van der Waals surface area contributed by atoms with Crippen LogP contribution in [0.5, 0.6) is 0 Å². The summed E-state index contributed by atoms with van der Waals surface area (Å²) >= 11 is 0. The highest BCUT2D eigenvalue weighted by Gasteiger charge is 2.17. The summed E-state index contributed by atoms with van der Waals surface area (Å²) in [5.41, 5.74) is 0. The van der Waals surface area contributed by atoms with Gasteiger partial charge in [-0.05, 0) is 25.2 Å². The van der Waals surface area contributed by atoms with Crippen molar-refractivity contribution in [2.24, 2.45) is 5.92 Å². The molecular weight excluding hydrogens is 212 g/mol. The number of nitrogens with one attached hydrogen (secondary N) is 1. The van der Waals surface area contributed by atoms with Crippen LogP contribution in [0.25, 0.3) is 0 Å². The molecule has 1 rings (SSSR count). The molecule has 1 saturated carbocycles. The first-order valence-corrected chi connectivity index (χ1v) is 7.07. The van der Waals surface area contributed by atoms with Crippen molar-refractivity contribution in [1.29, 1.82) is 0 Å². The molecule has 1 aliphatic rings. The molecule has 0 bridgehead atoms. The van der Waals surface area contributed by atoms with Gasteiger partial charge in [0.2, 0.25) is 5.91 Å². The predicted molar refractivity (Wildman–Crippen MR) is 72.0 cm³/mol. The maximum Gasteiger partial charge on any atom is 0.223 e. The van der Waals surface area contributed by atoms with Gasteiger partial charge < -0.3 is 10.2 Å². The zero-order valence-corrected chi connectivity index (χ0v) is 11.7. The average molecular weight is 240 g/mol. The predicted octanol–water partition coefficient (Wildman–Crippen LogP) is 2.41.